The first-order valence-corrected chi connectivity index (χ1v) is 7.53. The van der Waals surface area contributed by atoms with E-state index >= 15 is 0 Å². The summed E-state index contributed by atoms with van der Waals surface area (Å²) in [7, 11) is 0. The van der Waals surface area contributed by atoms with E-state index < -0.39 is 5.60 Å². The van der Waals surface area contributed by atoms with Crippen molar-refractivity contribution in [1.82, 2.24) is 0 Å². The summed E-state index contributed by atoms with van der Waals surface area (Å²) in [6.45, 7) is 6.24. The average Bonchev–Trinajstić information content (AvgIpc) is 2.43. The lowest BCUT2D eigenvalue weighted by Crippen LogP contribution is -2.51. The molecule has 0 spiro atoms. The quantitative estimate of drug-likeness (QED) is 0.786. The highest BCUT2D eigenvalue weighted by molar-refractivity contribution is 5.83. The molecule has 0 radical (unpaired) electrons. The minimum absolute atomic E-state index is 0.0542. The molecular weight excluding hydrogens is 256 g/mol. The van der Waals surface area contributed by atoms with Crippen molar-refractivity contribution in [3.63, 3.8) is 0 Å². The van der Waals surface area contributed by atoms with Gasteiger partial charge in [-0.05, 0) is 60.1 Å². The fraction of sp³-hybridized carbons (Fsp3) is 0.350. The van der Waals surface area contributed by atoms with Gasteiger partial charge in [0.15, 0.2) is 0 Å². The van der Waals surface area contributed by atoms with Crippen LogP contribution in [0.2, 0.25) is 0 Å². The maximum absolute atomic E-state index is 10.5. The largest absolute Gasteiger partial charge is 0.385 e. The standard InChI is InChI=1S/C20H22O/c1-15(2)10-11-20(21)13-19(3,14-20)18-9-8-16-6-4-5-7-17(16)12-18/h4-9,11-12,21H,13-14H2,1-3H3. The van der Waals surface area contributed by atoms with E-state index in [0.29, 0.717) is 0 Å². The van der Waals surface area contributed by atoms with E-state index in [2.05, 4.69) is 55.1 Å². The van der Waals surface area contributed by atoms with Crippen LogP contribution in [-0.4, -0.2) is 10.7 Å². The lowest BCUT2D eigenvalue weighted by atomic mass is 9.57. The minimum Gasteiger partial charge on any atom is -0.385 e. The molecule has 1 saturated carbocycles. The van der Waals surface area contributed by atoms with E-state index in [1.807, 2.05) is 19.9 Å². The lowest BCUT2D eigenvalue weighted by Gasteiger charge is -2.50. The Kier molecular flexibility index (Phi) is 3.28. The van der Waals surface area contributed by atoms with Crippen LogP contribution >= 0.6 is 0 Å². The van der Waals surface area contributed by atoms with Crippen LogP contribution < -0.4 is 0 Å². The van der Waals surface area contributed by atoms with Crippen LogP contribution in [0.5, 0.6) is 0 Å². The van der Waals surface area contributed by atoms with Crippen LogP contribution in [0.4, 0.5) is 0 Å². The van der Waals surface area contributed by atoms with Gasteiger partial charge >= 0.3 is 0 Å². The van der Waals surface area contributed by atoms with Gasteiger partial charge in [0, 0.05) is 0 Å². The molecule has 1 heteroatoms. The van der Waals surface area contributed by atoms with Crippen LogP contribution in [0.1, 0.15) is 39.2 Å². The van der Waals surface area contributed by atoms with Crippen molar-refractivity contribution in [3.05, 3.63) is 65.4 Å². The number of hydrogen-bond acceptors (Lipinski definition) is 1. The van der Waals surface area contributed by atoms with E-state index in [0.717, 1.165) is 18.4 Å². The first-order chi connectivity index (χ1) is 9.90. The van der Waals surface area contributed by atoms with Gasteiger partial charge in [0.2, 0.25) is 0 Å². The Morgan fingerprint density at radius 1 is 1.10 bits per heavy atom. The van der Waals surface area contributed by atoms with Gasteiger partial charge < -0.3 is 5.11 Å². The molecule has 1 fully saturated rings. The normalized spacial score (nSPS) is 27.8. The van der Waals surface area contributed by atoms with Gasteiger partial charge in [0.1, 0.15) is 0 Å². The maximum atomic E-state index is 10.5. The van der Waals surface area contributed by atoms with E-state index in [1.54, 1.807) is 0 Å². The molecule has 0 aromatic heterocycles. The first kappa shape index (κ1) is 14.1. The molecule has 0 aliphatic heterocycles. The third-order valence-electron chi connectivity index (χ3n) is 4.47. The Morgan fingerprint density at radius 2 is 1.76 bits per heavy atom. The summed E-state index contributed by atoms with van der Waals surface area (Å²) in [6.07, 6.45) is 3.36. The van der Waals surface area contributed by atoms with Gasteiger partial charge in [-0.2, -0.15) is 0 Å². The van der Waals surface area contributed by atoms with Gasteiger partial charge in [0.25, 0.3) is 0 Å². The van der Waals surface area contributed by atoms with Crippen LogP contribution in [0.3, 0.4) is 0 Å². The highest BCUT2D eigenvalue weighted by Crippen LogP contribution is 2.51. The van der Waals surface area contributed by atoms with Crippen LogP contribution in [0.15, 0.2) is 59.8 Å². The molecule has 0 amide bonds. The van der Waals surface area contributed by atoms with Crippen molar-refractivity contribution in [2.45, 2.75) is 44.6 Å². The molecule has 0 heterocycles. The minimum atomic E-state index is -0.697. The first-order valence-electron chi connectivity index (χ1n) is 7.53. The maximum Gasteiger partial charge on any atom is 0.0917 e. The molecule has 1 aliphatic carbocycles. The summed E-state index contributed by atoms with van der Waals surface area (Å²) in [6, 6.07) is 15.1. The van der Waals surface area contributed by atoms with Crippen molar-refractivity contribution < 1.29 is 5.11 Å². The van der Waals surface area contributed by atoms with E-state index in [1.165, 1.54) is 16.3 Å². The Bertz CT molecular complexity index is 737. The zero-order valence-corrected chi connectivity index (χ0v) is 13.0. The molecule has 0 atom stereocenters. The van der Waals surface area contributed by atoms with Gasteiger partial charge in [-0.3, -0.25) is 0 Å². The fourth-order valence-electron chi connectivity index (χ4n) is 3.45. The Balaban J connectivity index is 1.89. The fourth-order valence-corrected chi connectivity index (χ4v) is 3.45. The van der Waals surface area contributed by atoms with Crippen molar-refractivity contribution >= 4 is 10.8 Å². The average molecular weight is 278 g/mol. The number of aliphatic hydroxyl groups is 1. The van der Waals surface area contributed by atoms with Gasteiger partial charge in [-0.15, -0.1) is 5.73 Å². The zero-order valence-electron chi connectivity index (χ0n) is 13.0. The second-order valence-corrected chi connectivity index (χ2v) is 6.87. The molecule has 0 saturated heterocycles. The summed E-state index contributed by atoms with van der Waals surface area (Å²) in [5.41, 5.74) is 4.92. The molecule has 108 valence electrons. The smallest absolute Gasteiger partial charge is 0.0917 e. The third-order valence-corrected chi connectivity index (χ3v) is 4.47. The van der Waals surface area contributed by atoms with Crippen LogP contribution in [0, 0.1) is 0 Å². The highest BCUT2D eigenvalue weighted by atomic mass is 16.3. The number of rotatable bonds is 2. The molecule has 0 bridgehead atoms. The summed E-state index contributed by atoms with van der Waals surface area (Å²) < 4.78 is 0. The van der Waals surface area contributed by atoms with Gasteiger partial charge in [-0.1, -0.05) is 49.4 Å². The van der Waals surface area contributed by atoms with E-state index in [4.69, 9.17) is 0 Å². The number of benzene rings is 2. The summed E-state index contributed by atoms with van der Waals surface area (Å²) in [4.78, 5) is 0. The monoisotopic (exact) mass is 278 g/mol. The summed E-state index contributed by atoms with van der Waals surface area (Å²) in [5, 5.41) is 13.1. The van der Waals surface area contributed by atoms with E-state index in [9.17, 15) is 5.11 Å². The third kappa shape index (κ3) is 2.68. The Hall–Kier alpha value is -1.82. The molecule has 0 unspecified atom stereocenters. The number of fused-ring (bicyclic) bond motifs is 1. The van der Waals surface area contributed by atoms with Crippen LogP contribution in [-0.2, 0) is 5.41 Å². The topological polar surface area (TPSA) is 20.2 Å². The molecular formula is C20H22O. The summed E-state index contributed by atoms with van der Waals surface area (Å²) in [5.74, 6) is 0. The molecule has 3 rings (SSSR count). The highest BCUT2D eigenvalue weighted by Gasteiger charge is 2.50. The number of hydrogen-bond donors (Lipinski definition) is 1. The van der Waals surface area contributed by atoms with Gasteiger partial charge in [-0.25, -0.2) is 0 Å². The van der Waals surface area contributed by atoms with E-state index in [-0.39, 0.29) is 5.41 Å². The van der Waals surface area contributed by atoms with Crippen molar-refractivity contribution in [3.8, 4) is 0 Å². The second-order valence-electron chi connectivity index (χ2n) is 6.87. The molecule has 2 aromatic rings. The Morgan fingerprint density at radius 3 is 2.43 bits per heavy atom. The predicted octanol–water partition coefficient (Wildman–Crippen LogP) is 4.74. The van der Waals surface area contributed by atoms with Crippen molar-refractivity contribution in [2.75, 3.05) is 0 Å². The lowest BCUT2D eigenvalue weighted by molar-refractivity contribution is -0.0436. The van der Waals surface area contributed by atoms with Crippen molar-refractivity contribution in [2.24, 2.45) is 0 Å². The molecule has 2 aromatic carbocycles. The molecule has 1 aliphatic rings. The predicted molar refractivity (Wildman–Crippen MR) is 88.4 cm³/mol. The summed E-state index contributed by atoms with van der Waals surface area (Å²) >= 11 is 0. The van der Waals surface area contributed by atoms with Crippen molar-refractivity contribution in [1.29, 1.82) is 0 Å². The Labute approximate surface area is 126 Å². The molecule has 1 nitrogen and oxygen atoms in total. The van der Waals surface area contributed by atoms with Gasteiger partial charge in [0.05, 0.1) is 5.60 Å². The van der Waals surface area contributed by atoms with Crippen LogP contribution in [0.25, 0.3) is 10.8 Å². The SMILES string of the molecule is CC(C)=C=CC1(O)CC(C)(c2ccc3ccccc3c2)C1. The molecule has 1 N–H and O–H groups in total. The zero-order chi connectivity index (χ0) is 15.1. The molecule has 21 heavy (non-hydrogen) atoms. The second kappa shape index (κ2) is 4.87.